The maximum Gasteiger partial charge on any atom is 0.135 e. The molecule has 0 radical (unpaired) electrons. The maximum atomic E-state index is 9.32. The number of hydrogen-bond donors (Lipinski definition) is 2. The van der Waals surface area contributed by atoms with E-state index in [4.69, 9.17) is 17.3 Å². The Morgan fingerprint density at radius 3 is 2.71 bits per heavy atom. The number of nitrogen functional groups attached to an aromatic ring is 1. The van der Waals surface area contributed by atoms with Gasteiger partial charge < -0.3 is 10.8 Å². The predicted octanol–water partition coefficient (Wildman–Crippen LogP) is 2.75. The Balaban J connectivity index is 2.51. The van der Waals surface area contributed by atoms with E-state index in [1.54, 1.807) is 17.5 Å². The number of anilines is 1. The van der Waals surface area contributed by atoms with Gasteiger partial charge in [0.05, 0.1) is 0 Å². The van der Waals surface area contributed by atoms with Crippen molar-refractivity contribution in [3.63, 3.8) is 0 Å². The zero-order chi connectivity index (χ0) is 10.1. The van der Waals surface area contributed by atoms with Gasteiger partial charge in [-0.15, -0.1) is 11.3 Å². The highest BCUT2D eigenvalue weighted by Gasteiger charge is 2.05. The average Bonchev–Trinajstić information content (AvgIpc) is 2.50. The number of benzene rings is 1. The molecule has 0 aliphatic carbocycles. The minimum atomic E-state index is 0.126. The van der Waals surface area contributed by atoms with Crippen LogP contribution in [0.1, 0.15) is 0 Å². The Labute approximate surface area is 89.8 Å². The van der Waals surface area contributed by atoms with Crippen LogP contribution < -0.4 is 5.73 Å². The van der Waals surface area contributed by atoms with Gasteiger partial charge in [0.15, 0.2) is 0 Å². The van der Waals surface area contributed by atoms with Crippen LogP contribution in [0.3, 0.4) is 0 Å². The van der Waals surface area contributed by atoms with Gasteiger partial charge in [-0.25, -0.2) is 4.98 Å². The van der Waals surface area contributed by atoms with E-state index in [1.165, 1.54) is 17.4 Å². The molecule has 3 N–H and O–H groups in total. The van der Waals surface area contributed by atoms with Gasteiger partial charge in [-0.1, -0.05) is 11.6 Å². The van der Waals surface area contributed by atoms with Gasteiger partial charge >= 0.3 is 0 Å². The summed E-state index contributed by atoms with van der Waals surface area (Å²) >= 11 is 7.21. The van der Waals surface area contributed by atoms with Crippen LogP contribution in [0.4, 0.5) is 5.82 Å². The van der Waals surface area contributed by atoms with Crippen molar-refractivity contribution in [3.05, 3.63) is 28.6 Å². The molecule has 1 heterocycles. The zero-order valence-electron chi connectivity index (χ0n) is 7.07. The second-order valence-electron chi connectivity index (χ2n) is 2.78. The van der Waals surface area contributed by atoms with Gasteiger partial charge in [-0.05, 0) is 18.2 Å². The summed E-state index contributed by atoms with van der Waals surface area (Å²) in [5, 5.41) is 12.3. The van der Waals surface area contributed by atoms with Crippen molar-refractivity contribution in [2.24, 2.45) is 0 Å². The quantitative estimate of drug-likeness (QED) is 0.786. The molecule has 1 aromatic heterocycles. The largest absolute Gasteiger partial charge is 0.508 e. The number of phenolic OH excluding ortho intramolecular Hbond substituents is 1. The number of nitrogens with two attached hydrogens (primary N) is 1. The van der Waals surface area contributed by atoms with Crippen LogP contribution in [0.15, 0.2) is 23.6 Å². The first-order valence-corrected chi connectivity index (χ1v) is 5.12. The summed E-state index contributed by atoms with van der Waals surface area (Å²) in [6, 6.07) is 4.81. The fraction of sp³-hybridized carbons (Fsp3) is 0. The van der Waals surface area contributed by atoms with Gasteiger partial charge in [-0.2, -0.15) is 0 Å². The maximum absolute atomic E-state index is 9.32. The van der Waals surface area contributed by atoms with E-state index in [0.717, 1.165) is 10.6 Å². The van der Waals surface area contributed by atoms with Crippen molar-refractivity contribution >= 4 is 28.8 Å². The summed E-state index contributed by atoms with van der Waals surface area (Å²) in [5.74, 6) is 0.603. The number of nitrogens with zero attached hydrogens (tertiary/aromatic N) is 1. The first-order valence-electron chi connectivity index (χ1n) is 3.86. The van der Waals surface area contributed by atoms with E-state index >= 15 is 0 Å². The number of phenols is 1. The molecular formula is C9H7ClN2OS. The first-order chi connectivity index (χ1) is 6.65. The predicted molar refractivity (Wildman–Crippen MR) is 58.6 cm³/mol. The average molecular weight is 227 g/mol. The van der Waals surface area contributed by atoms with Crippen molar-refractivity contribution in [2.75, 3.05) is 5.73 Å². The lowest BCUT2D eigenvalue weighted by atomic mass is 10.2. The molecule has 2 aromatic rings. The molecule has 14 heavy (non-hydrogen) atoms. The lowest BCUT2D eigenvalue weighted by molar-refractivity contribution is 0.475. The highest BCUT2D eigenvalue weighted by molar-refractivity contribution is 7.13. The number of aromatic hydroxyl groups is 1. The Morgan fingerprint density at radius 2 is 2.14 bits per heavy atom. The number of rotatable bonds is 1. The Kier molecular flexibility index (Phi) is 2.31. The van der Waals surface area contributed by atoms with Crippen molar-refractivity contribution in [3.8, 4) is 16.3 Å². The zero-order valence-corrected chi connectivity index (χ0v) is 8.64. The highest BCUT2D eigenvalue weighted by atomic mass is 35.5. The minimum Gasteiger partial charge on any atom is -0.508 e. The molecule has 0 unspecified atom stereocenters. The minimum absolute atomic E-state index is 0.126. The van der Waals surface area contributed by atoms with Crippen LogP contribution >= 0.6 is 22.9 Å². The summed E-state index contributed by atoms with van der Waals surface area (Å²) in [6.45, 7) is 0. The smallest absolute Gasteiger partial charge is 0.135 e. The van der Waals surface area contributed by atoms with Crippen LogP contribution in [0.5, 0.6) is 5.75 Å². The van der Waals surface area contributed by atoms with Crippen LogP contribution in [0.25, 0.3) is 10.6 Å². The normalized spacial score (nSPS) is 10.4. The standard InChI is InChI=1S/C9H7ClN2OS/c10-6-1-5(2-7(13)3-6)9-12-8(11)4-14-9/h1-4,13H,11H2. The number of halogens is 1. The van der Waals surface area contributed by atoms with E-state index in [2.05, 4.69) is 4.98 Å². The van der Waals surface area contributed by atoms with Crippen LogP contribution in [-0.2, 0) is 0 Å². The summed E-state index contributed by atoms with van der Waals surface area (Å²) < 4.78 is 0. The van der Waals surface area contributed by atoms with E-state index < -0.39 is 0 Å². The van der Waals surface area contributed by atoms with Crippen molar-refractivity contribution in [1.82, 2.24) is 4.98 Å². The highest BCUT2D eigenvalue weighted by Crippen LogP contribution is 2.30. The molecule has 0 aliphatic rings. The van der Waals surface area contributed by atoms with Crippen LogP contribution in [0.2, 0.25) is 5.02 Å². The third kappa shape index (κ3) is 1.81. The molecule has 0 spiro atoms. The summed E-state index contributed by atoms with van der Waals surface area (Å²) in [7, 11) is 0. The fourth-order valence-electron chi connectivity index (χ4n) is 1.12. The Morgan fingerprint density at radius 1 is 1.36 bits per heavy atom. The van der Waals surface area contributed by atoms with Crippen molar-refractivity contribution in [1.29, 1.82) is 0 Å². The topological polar surface area (TPSA) is 59.1 Å². The molecule has 0 bridgehead atoms. The first kappa shape index (κ1) is 9.30. The number of hydrogen-bond acceptors (Lipinski definition) is 4. The van der Waals surface area contributed by atoms with E-state index in [0.29, 0.717) is 10.8 Å². The van der Waals surface area contributed by atoms with Gasteiger partial charge in [0.1, 0.15) is 16.6 Å². The molecule has 0 saturated heterocycles. The molecule has 5 heteroatoms. The van der Waals surface area contributed by atoms with Crippen molar-refractivity contribution < 1.29 is 5.11 Å². The van der Waals surface area contributed by atoms with Gasteiger partial charge in [0, 0.05) is 16.0 Å². The van der Waals surface area contributed by atoms with Gasteiger partial charge in [0.2, 0.25) is 0 Å². The fourth-order valence-corrected chi connectivity index (χ4v) is 2.04. The lowest BCUT2D eigenvalue weighted by Gasteiger charge is -1.98. The molecular weight excluding hydrogens is 220 g/mol. The SMILES string of the molecule is Nc1csc(-c2cc(O)cc(Cl)c2)n1. The Hall–Kier alpha value is -1.26. The van der Waals surface area contributed by atoms with Crippen molar-refractivity contribution in [2.45, 2.75) is 0 Å². The van der Waals surface area contributed by atoms with Crippen LogP contribution in [-0.4, -0.2) is 10.1 Å². The molecule has 72 valence electrons. The monoisotopic (exact) mass is 226 g/mol. The van der Waals surface area contributed by atoms with E-state index in [-0.39, 0.29) is 5.75 Å². The lowest BCUT2D eigenvalue weighted by Crippen LogP contribution is -1.83. The molecule has 0 saturated carbocycles. The number of thiazole rings is 1. The summed E-state index contributed by atoms with van der Waals surface area (Å²) in [4.78, 5) is 4.09. The van der Waals surface area contributed by atoms with Gasteiger partial charge in [0.25, 0.3) is 0 Å². The van der Waals surface area contributed by atoms with Crippen LogP contribution in [0, 0.1) is 0 Å². The summed E-state index contributed by atoms with van der Waals surface area (Å²) in [6.07, 6.45) is 0. The second-order valence-corrected chi connectivity index (χ2v) is 4.07. The van der Waals surface area contributed by atoms with E-state index in [9.17, 15) is 5.11 Å². The summed E-state index contributed by atoms with van der Waals surface area (Å²) in [5.41, 5.74) is 6.27. The molecule has 2 rings (SSSR count). The molecule has 0 atom stereocenters. The van der Waals surface area contributed by atoms with E-state index in [1.807, 2.05) is 0 Å². The van der Waals surface area contributed by atoms with Gasteiger partial charge in [-0.3, -0.25) is 0 Å². The third-order valence-electron chi connectivity index (χ3n) is 1.65. The third-order valence-corrected chi connectivity index (χ3v) is 2.78. The molecule has 0 amide bonds. The number of aromatic nitrogens is 1. The molecule has 0 aliphatic heterocycles. The Bertz CT molecular complexity index is 449. The second kappa shape index (κ2) is 3.48. The molecule has 1 aromatic carbocycles. The molecule has 0 fully saturated rings. The molecule has 3 nitrogen and oxygen atoms in total.